The Kier molecular flexibility index (Phi) is 8.84. The Morgan fingerprint density at radius 3 is 2.34 bits per heavy atom. The van der Waals surface area contributed by atoms with Crippen LogP contribution in [0, 0.1) is 10.1 Å². The smallest absolute Gasteiger partial charge is 0.416 e. The molecule has 0 radical (unpaired) electrons. The number of carbonyl (C=O) groups excluding carboxylic acids is 1. The van der Waals surface area contributed by atoms with Crippen LogP contribution in [0.4, 0.5) is 18.9 Å². The summed E-state index contributed by atoms with van der Waals surface area (Å²) < 4.78 is 51.0. The number of nitro groups is 1. The van der Waals surface area contributed by atoms with Gasteiger partial charge in [-0.2, -0.15) is 23.1 Å². The van der Waals surface area contributed by atoms with Crippen molar-refractivity contribution in [3.63, 3.8) is 0 Å². The topological polar surface area (TPSA) is 145 Å². The summed E-state index contributed by atoms with van der Waals surface area (Å²) in [6.45, 7) is 1.68. The number of aromatic nitrogens is 2. The Labute approximate surface area is 201 Å². The lowest BCUT2D eigenvalue weighted by Gasteiger charge is -2.16. The molecule has 190 valence electrons. The number of carboxylic acids is 1. The van der Waals surface area contributed by atoms with Crippen LogP contribution in [-0.2, 0) is 11.0 Å². The van der Waals surface area contributed by atoms with Crippen LogP contribution in [0.15, 0.2) is 23.4 Å². The molecule has 1 amide bonds. The second kappa shape index (κ2) is 11.2. The SMILES string of the molecule is CCCC(Oc1nc(SC)nc(Oc2cc(C(=O)N(C)C)cc(C(F)(F)F)c2)c1[N+](=O)[O-])C(=O)O. The molecule has 11 nitrogen and oxygen atoms in total. The number of ether oxygens (including phenoxy) is 2. The van der Waals surface area contributed by atoms with Crippen molar-refractivity contribution in [3.05, 3.63) is 39.4 Å². The molecule has 1 N–H and O–H groups in total. The van der Waals surface area contributed by atoms with Gasteiger partial charge in [-0.05, 0) is 30.9 Å². The Morgan fingerprint density at radius 1 is 1.23 bits per heavy atom. The zero-order chi connectivity index (χ0) is 26.5. The fourth-order valence-corrected chi connectivity index (χ4v) is 3.09. The van der Waals surface area contributed by atoms with Crippen molar-refractivity contribution in [2.75, 3.05) is 20.4 Å². The number of hydrogen-bond acceptors (Lipinski definition) is 9. The van der Waals surface area contributed by atoms with Gasteiger partial charge in [0.1, 0.15) is 5.75 Å². The quantitative estimate of drug-likeness (QED) is 0.210. The van der Waals surface area contributed by atoms with Crippen molar-refractivity contribution in [1.82, 2.24) is 14.9 Å². The number of aliphatic carboxylic acids is 1. The summed E-state index contributed by atoms with van der Waals surface area (Å²) in [5.41, 5.74) is -2.60. The molecule has 0 saturated carbocycles. The van der Waals surface area contributed by atoms with Crippen LogP contribution >= 0.6 is 11.8 Å². The van der Waals surface area contributed by atoms with Crippen LogP contribution in [0.3, 0.4) is 0 Å². The first kappa shape index (κ1) is 27.6. The number of alkyl halides is 3. The molecule has 0 fully saturated rings. The van der Waals surface area contributed by atoms with E-state index in [-0.39, 0.29) is 17.1 Å². The van der Waals surface area contributed by atoms with Gasteiger partial charge in [0.05, 0.1) is 10.5 Å². The lowest BCUT2D eigenvalue weighted by molar-refractivity contribution is -0.387. The molecule has 2 rings (SSSR count). The number of rotatable bonds is 10. The number of amides is 1. The first-order chi connectivity index (χ1) is 16.3. The number of benzene rings is 1. The average molecular weight is 518 g/mol. The minimum atomic E-state index is -4.86. The van der Waals surface area contributed by atoms with Gasteiger partial charge in [-0.15, -0.1) is 0 Å². The van der Waals surface area contributed by atoms with Gasteiger partial charge in [-0.1, -0.05) is 25.1 Å². The van der Waals surface area contributed by atoms with E-state index in [2.05, 4.69) is 9.97 Å². The number of hydrogen-bond donors (Lipinski definition) is 1. The van der Waals surface area contributed by atoms with Gasteiger partial charge in [0.25, 0.3) is 5.91 Å². The third-order valence-corrected chi connectivity index (χ3v) is 4.89. The van der Waals surface area contributed by atoms with Crippen molar-refractivity contribution in [2.24, 2.45) is 0 Å². The molecule has 2 aromatic rings. The molecule has 1 aromatic carbocycles. The summed E-state index contributed by atoms with van der Waals surface area (Å²) in [6, 6.07) is 2.14. The Balaban J connectivity index is 2.68. The first-order valence-corrected chi connectivity index (χ1v) is 11.1. The van der Waals surface area contributed by atoms with E-state index in [1.54, 1.807) is 6.92 Å². The largest absolute Gasteiger partial charge is 0.479 e. The Hall–Kier alpha value is -3.62. The molecule has 1 heterocycles. The van der Waals surface area contributed by atoms with Gasteiger partial charge in [-0.25, -0.2) is 4.79 Å². The minimum absolute atomic E-state index is 0.00488. The first-order valence-electron chi connectivity index (χ1n) is 9.90. The fourth-order valence-electron chi connectivity index (χ4n) is 2.74. The monoisotopic (exact) mass is 518 g/mol. The van der Waals surface area contributed by atoms with Crippen LogP contribution in [0.2, 0.25) is 0 Å². The van der Waals surface area contributed by atoms with E-state index in [1.807, 2.05) is 0 Å². The molecule has 1 atom stereocenters. The molecule has 1 aromatic heterocycles. The number of carboxylic acid groups (broad SMARTS) is 1. The summed E-state index contributed by atoms with van der Waals surface area (Å²) in [5, 5.41) is 21.0. The predicted octanol–water partition coefficient (Wildman–Crippen LogP) is 4.25. The van der Waals surface area contributed by atoms with E-state index < -0.39 is 57.8 Å². The van der Waals surface area contributed by atoms with Crippen molar-refractivity contribution in [3.8, 4) is 17.5 Å². The Bertz CT molecular complexity index is 1130. The van der Waals surface area contributed by atoms with Gasteiger partial charge in [-0.3, -0.25) is 14.9 Å². The molecule has 0 aliphatic rings. The number of nitrogens with zero attached hydrogens (tertiary/aromatic N) is 4. The summed E-state index contributed by atoms with van der Waals surface area (Å²) in [4.78, 5) is 43.3. The van der Waals surface area contributed by atoms with Crippen LogP contribution in [-0.4, -0.2) is 63.2 Å². The summed E-state index contributed by atoms with van der Waals surface area (Å²) in [6.07, 6.45) is -4.44. The molecule has 0 spiro atoms. The van der Waals surface area contributed by atoms with Gasteiger partial charge < -0.3 is 19.5 Å². The van der Waals surface area contributed by atoms with Crippen molar-refractivity contribution >= 4 is 29.3 Å². The van der Waals surface area contributed by atoms with E-state index in [4.69, 9.17) is 9.47 Å². The van der Waals surface area contributed by atoms with Crippen molar-refractivity contribution in [1.29, 1.82) is 0 Å². The van der Waals surface area contributed by atoms with Crippen LogP contribution in [0.1, 0.15) is 35.7 Å². The molecular formula is C20H21F3N4O7S. The molecule has 0 bridgehead atoms. The maximum Gasteiger partial charge on any atom is 0.416 e. The third-order valence-electron chi connectivity index (χ3n) is 4.35. The van der Waals surface area contributed by atoms with Gasteiger partial charge in [0.2, 0.25) is 0 Å². The maximum absolute atomic E-state index is 13.4. The van der Waals surface area contributed by atoms with Crippen molar-refractivity contribution < 1.29 is 42.3 Å². The minimum Gasteiger partial charge on any atom is -0.479 e. The lowest BCUT2D eigenvalue weighted by Crippen LogP contribution is -2.27. The van der Waals surface area contributed by atoms with Crippen molar-refractivity contribution in [2.45, 2.75) is 37.2 Å². The normalized spacial score (nSPS) is 12.1. The van der Waals surface area contributed by atoms with Gasteiger partial charge in [0, 0.05) is 19.7 Å². The van der Waals surface area contributed by atoms with Crippen LogP contribution in [0.25, 0.3) is 0 Å². The highest BCUT2D eigenvalue weighted by atomic mass is 32.2. The highest BCUT2D eigenvalue weighted by molar-refractivity contribution is 7.98. The van der Waals surface area contributed by atoms with E-state index in [0.717, 1.165) is 22.7 Å². The molecule has 15 heteroatoms. The second-order valence-electron chi connectivity index (χ2n) is 7.21. The summed E-state index contributed by atoms with van der Waals surface area (Å²) >= 11 is 0.903. The second-order valence-corrected chi connectivity index (χ2v) is 7.98. The van der Waals surface area contributed by atoms with E-state index in [1.165, 1.54) is 20.4 Å². The molecular weight excluding hydrogens is 497 g/mol. The highest BCUT2D eigenvalue weighted by Crippen LogP contribution is 2.40. The summed E-state index contributed by atoms with van der Waals surface area (Å²) in [5.74, 6) is -4.23. The molecule has 0 saturated heterocycles. The fraction of sp³-hybridized carbons (Fsp3) is 0.400. The van der Waals surface area contributed by atoms with Gasteiger partial charge >= 0.3 is 29.6 Å². The van der Waals surface area contributed by atoms with Crippen LogP contribution < -0.4 is 9.47 Å². The van der Waals surface area contributed by atoms with E-state index in [9.17, 15) is 38.0 Å². The highest BCUT2D eigenvalue weighted by Gasteiger charge is 2.35. The molecule has 0 aliphatic carbocycles. The number of carbonyl (C=O) groups is 2. The molecule has 1 unspecified atom stereocenters. The van der Waals surface area contributed by atoms with Crippen LogP contribution in [0.5, 0.6) is 17.5 Å². The molecule has 0 aliphatic heterocycles. The Morgan fingerprint density at radius 2 is 1.86 bits per heavy atom. The third kappa shape index (κ3) is 6.94. The lowest BCUT2D eigenvalue weighted by atomic mass is 10.1. The molecule has 35 heavy (non-hydrogen) atoms. The predicted molar refractivity (Wildman–Crippen MR) is 117 cm³/mol. The standard InChI is InChI=1S/C20H21F3N4O7S/c1-5-6-13(18(29)30)34-16-14(27(31)32)15(24-19(25-16)35-4)33-12-8-10(17(28)26(2)3)7-11(9-12)20(21,22)23/h7-9,13H,5-6H2,1-4H3,(H,29,30). The van der Waals surface area contributed by atoms with E-state index in [0.29, 0.717) is 18.6 Å². The summed E-state index contributed by atoms with van der Waals surface area (Å²) in [7, 11) is 2.67. The van der Waals surface area contributed by atoms with Gasteiger partial charge in [0.15, 0.2) is 11.3 Å². The maximum atomic E-state index is 13.4. The number of thioether (sulfide) groups is 1. The zero-order valence-electron chi connectivity index (χ0n) is 19.0. The zero-order valence-corrected chi connectivity index (χ0v) is 19.8. The number of halogens is 3. The average Bonchev–Trinajstić information content (AvgIpc) is 2.76. The van der Waals surface area contributed by atoms with E-state index >= 15 is 0 Å².